The third-order valence-electron chi connectivity index (χ3n) is 4.34. The molecule has 4 nitrogen and oxygen atoms in total. The number of aryl methyl sites for hydroxylation is 1. The number of carbonyl (C=O) groups excluding carboxylic acids is 1. The highest BCUT2D eigenvalue weighted by Gasteiger charge is 2.36. The third-order valence-corrected chi connectivity index (χ3v) is 4.34. The Hall–Kier alpha value is -1.32. The highest BCUT2D eigenvalue weighted by Crippen LogP contribution is 2.35. The fraction of sp³-hybridized carbons (Fsp3) is 0.714. The van der Waals surface area contributed by atoms with Gasteiger partial charge in [0.15, 0.2) is 0 Å². The fourth-order valence-electron chi connectivity index (χ4n) is 3.48. The van der Waals surface area contributed by atoms with Crippen molar-refractivity contribution in [1.82, 2.24) is 10.1 Å². The molecule has 2 atom stereocenters. The maximum absolute atomic E-state index is 12.5. The molecule has 2 aliphatic rings. The summed E-state index contributed by atoms with van der Waals surface area (Å²) in [5.74, 6) is 1.14. The van der Waals surface area contributed by atoms with Crippen molar-refractivity contribution in [2.45, 2.75) is 51.5 Å². The fourth-order valence-corrected chi connectivity index (χ4v) is 3.48. The van der Waals surface area contributed by atoms with Gasteiger partial charge < -0.3 is 9.42 Å². The Labute approximate surface area is 107 Å². The van der Waals surface area contributed by atoms with Gasteiger partial charge in [0, 0.05) is 18.7 Å². The van der Waals surface area contributed by atoms with E-state index in [0.29, 0.717) is 17.7 Å². The second-order valence-electron chi connectivity index (χ2n) is 5.59. The summed E-state index contributed by atoms with van der Waals surface area (Å²) < 4.78 is 5.12. The van der Waals surface area contributed by atoms with Crippen LogP contribution in [0, 0.1) is 12.8 Å². The molecule has 1 aliphatic carbocycles. The molecule has 1 aliphatic heterocycles. The van der Waals surface area contributed by atoms with Crippen molar-refractivity contribution in [2.75, 3.05) is 6.54 Å². The highest BCUT2D eigenvalue weighted by atomic mass is 16.5. The van der Waals surface area contributed by atoms with Crippen LogP contribution in [0.5, 0.6) is 0 Å². The summed E-state index contributed by atoms with van der Waals surface area (Å²) in [5, 5.41) is 3.81. The SMILES string of the molecule is Cc1cc(C(=O)N2CCCC3CCCCC32)on1. The lowest BCUT2D eigenvalue weighted by molar-refractivity contribution is 0.0354. The molecule has 0 N–H and O–H groups in total. The van der Waals surface area contributed by atoms with E-state index >= 15 is 0 Å². The Kier molecular flexibility index (Phi) is 3.10. The first kappa shape index (κ1) is 11.8. The number of likely N-dealkylation sites (tertiary alicyclic amines) is 1. The zero-order chi connectivity index (χ0) is 12.5. The molecule has 1 amide bonds. The maximum Gasteiger partial charge on any atom is 0.292 e. The Morgan fingerprint density at radius 3 is 2.89 bits per heavy atom. The van der Waals surface area contributed by atoms with Crippen LogP contribution in [0.25, 0.3) is 0 Å². The molecule has 0 aromatic carbocycles. The molecule has 18 heavy (non-hydrogen) atoms. The monoisotopic (exact) mass is 248 g/mol. The molecular weight excluding hydrogens is 228 g/mol. The zero-order valence-electron chi connectivity index (χ0n) is 10.9. The molecular formula is C14H20N2O2. The number of hydrogen-bond donors (Lipinski definition) is 0. The topological polar surface area (TPSA) is 46.3 Å². The number of carbonyl (C=O) groups is 1. The lowest BCUT2D eigenvalue weighted by Crippen LogP contribution is -2.49. The van der Waals surface area contributed by atoms with Crippen molar-refractivity contribution in [3.8, 4) is 0 Å². The summed E-state index contributed by atoms with van der Waals surface area (Å²) in [7, 11) is 0. The van der Waals surface area contributed by atoms with Crippen LogP contribution in [0.4, 0.5) is 0 Å². The molecule has 1 saturated heterocycles. The van der Waals surface area contributed by atoms with Crippen LogP contribution in [0.15, 0.2) is 10.6 Å². The van der Waals surface area contributed by atoms with E-state index in [1.54, 1.807) is 6.07 Å². The number of amides is 1. The van der Waals surface area contributed by atoms with Crippen molar-refractivity contribution >= 4 is 5.91 Å². The Morgan fingerprint density at radius 2 is 2.11 bits per heavy atom. The molecule has 0 bridgehead atoms. The lowest BCUT2D eigenvalue weighted by Gasteiger charge is -2.43. The summed E-state index contributed by atoms with van der Waals surface area (Å²) in [6.45, 7) is 2.72. The molecule has 0 spiro atoms. The van der Waals surface area contributed by atoms with Gasteiger partial charge in [0.1, 0.15) is 0 Å². The van der Waals surface area contributed by atoms with E-state index in [-0.39, 0.29) is 5.91 Å². The first-order valence-corrected chi connectivity index (χ1v) is 7.00. The van der Waals surface area contributed by atoms with Gasteiger partial charge in [0.2, 0.25) is 5.76 Å². The standard InChI is InChI=1S/C14H20N2O2/c1-10-9-13(18-15-10)14(17)16-8-4-6-11-5-2-3-7-12(11)16/h9,11-12H,2-8H2,1H3. The van der Waals surface area contributed by atoms with Crippen molar-refractivity contribution in [1.29, 1.82) is 0 Å². The molecule has 2 unspecified atom stereocenters. The summed E-state index contributed by atoms with van der Waals surface area (Å²) in [5.41, 5.74) is 0.774. The number of fused-ring (bicyclic) bond motifs is 1. The summed E-state index contributed by atoms with van der Waals surface area (Å²) in [6, 6.07) is 2.18. The predicted octanol–water partition coefficient (Wildman–Crippen LogP) is 2.78. The molecule has 1 saturated carbocycles. The minimum Gasteiger partial charge on any atom is -0.351 e. The minimum absolute atomic E-state index is 0.0344. The second kappa shape index (κ2) is 4.75. The summed E-state index contributed by atoms with van der Waals surface area (Å²) >= 11 is 0. The average molecular weight is 248 g/mol. The summed E-state index contributed by atoms with van der Waals surface area (Å²) in [6.07, 6.45) is 7.42. The van der Waals surface area contributed by atoms with E-state index in [2.05, 4.69) is 5.16 Å². The predicted molar refractivity (Wildman–Crippen MR) is 67.3 cm³/mol. The van der Waals surface area contributed by atoms with Gasteiger partial charge in [-0.1, -0.05) is 18.0 Å². The Bertz CT molecular complexity index is 439. The number of piperidine rings is 1. The van der Waals surface area contributed by atoms with Gasteiger partial charge in [-0.3, -0.25) is 4.79 Å². The molecule has 2 fully saturated rings. The number of hydrogen-bond acceptors (Lipinski definition) is 3. The Balaban J connectivity index is 1.79. The number of rotatable bonds is 1. The van der Waals surface area contributed by atoms with E-state index < -0.39 is 0 Å². The third kappa shape index (κ3) is 2.04. The zero-order valence-corrected chi connectivity index (χ0v) is 10.9. The van der Waals surface area contributed by atoms with Gasteiger partial charge in [-0.25, -0.2) is 0 Å². The van der Waals surface area contributed by atoms with Crippen molar-refractivity contribution in [3.63, 3.8) is 0 Å². The smallest absolute Gasteiger partial charge is 0.292 e. The normalized spacial score (nSPS) is 27.9. The van der Waals surface area contributed by atoms with Crippen LogP contribution in [-0.4, -0.2) is 28.6 Å². The first-order chi connectivity index (χ1) is 8.75. The van der Waals surface area contributed by atoms with Gasteiger partial charge in [-0.2, -0.15) is 0 Å². The molecule has 0 radical (unpaired) electrons. The van der Waals surface area contributed by atoms with Crippen LogP contribution in [0.2, 0.25) is 0 Å². The molecule has 1 aromatic heterocycles. The molecule has 98 valence electrons. The van der Waals surface area contributed by atoms with E-state index in [0.717, 1.165) is 25.1 Å². The van der Waals surface area contributed by atoms with Crippen LogP contribution in [0.1, 0.15) is 54.8 Å². The average Bonchev–Trinajstić information content (AvgIpc) is 2.84. The quantitative estimate of drug-likeness (QED) is 0.767. The van der Waals surface area contributed by atoms with E-state index in [9.17, 15) is 4.79 Å². The van der Waals surface area contributed by atoms with Crippen molar-refractivity contribution in [2.24, 2.45) is 5.92 Å². The van der Waals surface area contributed by atoms with Gasteiger partial charge in [-0.05, 0) is 38.5 Å². The van der Waals surface area contributed by atoms with E-state index in [1.165, 1.54) is 25.7 Å². The molecule has 3 rings (SSSR count). The second-order valence-corrected chi connectivity index (χ2v) is 5.59. The van der Waals surface area contributed by atoms with Crippen molar-refractivity contribution < 1.29 is 9.32 Å². The van der Waals surface area contributed by atoms with Crippen LogP contribution in [0.3, 0.4) is 0 Å². The van der Waals surface area contributed by atoms with Gasteiger partial charge in [0.25, 0.3) is 5.91 Å². The molecule has 2 heterocycles. The maximum atomic E-state index is 12.5. The van der Waals surface area contributed by atoms with Gasteiger partial charge in [0.05, 0.1) is 5.69 Å². The van der Waals surface area contributed by atoms with Gasteiger partial charge >= 0.3 is 0 Å². The summed E-state index contributed by atoms with van der Waals surface area (Å²) in [4.78, 5) is 14.5. The van der Waals surface area contributed by atoms with E-state index in [4.69, 9.17) is 4.52 Å². The largest absolute Gasteiger partial charge is 0.351 e. The number of aromatic nitrogens is 1. The number of nitrogens with zero attached hydrogens (tertiary/aromatic N) is 2. The molecule has 4 heteroatoms. The lowest BCUT2D eigenvalue weighted by atomic mass is 9.78. The highest BCUT2D eigenvalue weighted by molar-refractivity contribution is 5.91. The van der Waals surface area contributed by atoms with Crippen LogP contribution < -0.4 is 0 Å². The van der Waals surface area contributed by atoms with E-state index in [1.807, 2.05) is 11.8 Å². The first-order valence-electron chi connectivity index (χ1n) is 7.00. The van der Waals surface area contributed by atoms with Crippen molar-refractivity contribution in [3.05, 3.63) is 17.5 Å². The van der Waals surface area contributed by atoms with Crippen LogP contribution in [-0.2, 0) is 0 Å². The van der Waals surface area contributed by atoms with Crippen LogP contribution >= 0.6 is 0 Å². The minimum atomic E-state index is 0.0344. The molecule has 1 aromatic rings. The van der Waals surface area contributed by atoms with Gasteiger partial charge in [-0.15, -0.1) is 0 Å². The Morgan fingerprint density at radius 1 is 1.33 bits per heavy atom.